The number of furan rings is 1. The van der Waals surface area contributed by atoms with Gasteiger partial charge < -0.3 is 14.8 Å². The van der Waals surface area contributed by atoms with Crippen LogP contribution in [0, 0.1) is 0 Å². The van der Waals surface area contributed by atoms with E-state index in [4.69, 9.17) is 4.42 Å². The number of hydrogen-bond acceptors (Lipinski definition) is 3. The largest absolute Gasteiger partial charge is 0.459 e. The molecule has 0 fully saturated rings. The fourth-order valence-corrected chi connectivity index (χ4v) is 2.07. The number of rotatable bonds is 4. The zero-order valence-electron chi connectivity index (χ0n) is 9.90. The highest BCUT2D eigenvalue weighted by molar-refractivity contribution is 9.10. The average molecular weight is 298 g/mol. The van der Waals surface area contributed by atoms with Crippen molar-refractivity contribution >= 4 is 26.9 Å². The van der Waals surface area contributed by atoms with Gasteiger partial charge in [0.1, 0.15) is 11.3 Å². The van der Waals surface area contributed by atoms with Gasteiger partial charge in [0.25, 0.3) is 0 Å². The van der Waals surface area contributed by atoms with E-state index in [2.05, 4.69) is 21.2 Å². The maximum Gasteiger partial charge on any atom is 0.134 e. The average Bonchev–Trinajstić information content (AvgIpc) is 2.68. The molecule has 0 bridgehead atoms. The SMILES string of the molecule is CC(O)CNC(C)c1cc2cc(Br)ccc2o1. The first-order chi connectivity index (χ1) is 8.06. The first-order valence-corrected chi connectivity index (χ1v) is 6.46. The van der Waals surface area contributed by atoms with Gasteiger partial charge in [-0.25, -0.2) is 0 Å². The number of benzene rings is 1. The molecule has 0 amide bonds. The zero-order chi connectivity index (χ0) is 12.4. The van der Waals surface area contributed by atoms with Crippen LogP contribution >= 0.6 is 15.9 Å². The molecular formula is C13H16BrNO2. The molecule has 0 radical (unpaired) electrons. The van der Waals surface area contributed by atoms with Crippen LogP contribution in [0.3, 0.4) is 0 Å². The van der Waals surface area contributed by atoms with Crippen molar-refractivity contribution in [2.24, 2.45) is 0 Å². The quantitative estimate of drug-likeness (QED) is 0.911. The molecule has 2 rings (SSSR count). The van der Waals surface area contributed by atoms with Crippen LogP contribution in [0.4, 0.5) is 0 Å². The van der Waals surface area contributed by atoms with Crippen molar-refractivity contribution in [2.45, 2.75) is 26.0 Å². The van der Waals surface area contributed by atoms with E-state index in [-0.39, 0.29) is 12.1 Å². The molecule has 0 saturated heterocycles. The van der Waals surface area contributed by atoms with Gasteiger partial charge in [-0.1, -0.05) is 15.9 Å². The lowest BCUT2D eigenvalue weighted by Crippen LogP contribution is -2.26. The maximum atomic E-state index is 9.23. The zero-order valence-corrected chi connectivity index (χ0v) is 11.5. The van der Waals surface area contributed by atoms with Crippen LogP contribution in [0.25, 0.3) is 11.0 Å². The highest BCUT2D eigenvalue weighted by Gasteiger charge is 2.11. The number of aliphatic hydroxyl groups is 1. The molecule has 3 nitrogen and oxygen atoms in total. The lowest BCUT2D eigenvalue weighted by atomic mass is 10.2. The third-order valence-corrected chi connectivity index (χ3v) is 3.14. The van der Waals surface area contributed by atoms with Gasteiger partial charge in [-0.15, -0.1) is 0 Å². The van der Waals surface area contributed by atoms with Gasteiger partial charge in [0.15, 0.2) is 0 Å². The lowest BCUT2D eigenvalue weighted by molar-refractivity contribution is 0.185. The molecule has 17 heavy (non-hydrogen) atoms. The van der Waals surface area contributed by atoms with Crippen LogP contribution in [0.5, 0.6) is 0 Å². The summed E-state index contributed by atoms with van der Waals surface area (Å²) in [4.78, 5) is 0. The Kier molecular flexibility index (Phi) is 3.86. The molecule has 0 spiro atoms. The summed E-state index contributed by atoms with van der Waals surface area (Å²) in [6, 6.07) is 8.06. The Balaban J connectivity index is 2.18. The van der Waals surface area contributed by atoms with Gasteiger partial charge in [-0.3, -0.25) is 0 Å². The Hall–Kier alpha value is -0.840. The van der Waals surface area contributed by atoms with E-state index in [0.717, 1.165) is 21.2 Å². The summed E-state index contributed by atoms with van der Waals surface area (Å²) in [6.07, 6.45) is -0.351. The molecule has 4 heteroatoms. The van der Waals surface area contributed by atoms with E-state index in [1.807, 2.05) is 31.2 Å². The third kappa shape index (κ3) is 3.09. The lowest BCUT2D eigenvalue weighted by Gasteiger charge is -2.12. The van der Waals surface area contributed by atoms with Crippen molar-refractivity contribution in [3.05, 3.63) is 34.5 Å². The summed E-state index contributed by atoms with van der Waals surface area (Å²) in [7, 11) is 0. The second-order valence-corrected chi connectivity index (χ2v) is 5.23. The van der Waals surface area contributed by atoms with Crippen molar-refractivity contribution in [3.63, 3.8) is 0 Å². The van der Waals surface area contributed by atoms with Crippen LogP contribution in [0.1, 0.15) is 25.6 Å². The normalized spacial score (nSPS) is 15.1. The molecule has 0 aliphatic rings. The fraction of sp³-hybridized carbons (Fsp3) is 0.385. The van der Waals surface area contributed by atoms with E-state index < -0.39 is 0 Å². The predicted octanol–water partition coefficient (Wildman–Crippen LogP) is 3.23. The minimum Gasteiger partial charge on any atom is -0.459 e. The van der Waals surface area contributed by atoms with Gasteiger partial charge in [0.05, 0.1) is 12.1 Å². The summed E-state index contributed by atoms with van der Waals surface area (Å²) in [6.45, 7) is 4.34. The second-order valence-electron chi connectivity index (χ2n) is 4.31. The van der Waals surface area contributed by atoms with Crippen LogP contribution in [-0.4, -0.2) is 17.8 Å². The minimum absolute atomic E-state index is 0.0933. The first-order valence-electron chi connectivity index (χ1n) is 5.66. The van der Waals surface area contributed by atoms with Crippen molar-refractivity contribution in [3.8, 4) is 0 Å². The molecule has 0 saturated carbocycles. The minimum atomic E-state index is -0.351. The first kappa shape index (κ1) is 12.6. The molecule has 2 N–H and O–H groups in total. The van der Waals surface area contributed by atoms with E-state index in [9.17, 15) is 5.11 Å². The van der Waals surface area contributed by atoms with Gasteiger partial charge in [-0.2, -0.15) is 0 Å². The molecule has 0 aliphatic carbocycles. The van der Waals surface area contributed by atoms with Crippen LogP contribution in [-0.2, 0) is 0 Å². The highest BCUT2D eigenvalue weighted by Crippen LogP contribution is 2.26. The Morgan fingerprint density at radius 3 is 2.82 bits per heavy atom. The Morgan fingerprint density at radius 1 is 1.35 bits per heavy atom. The molecule has 0 aliphatic heterocycles. The summed E-state index contributed by atoms with van der Waals surface area (Å²) in [5.41, 5.74) is 0.883. The molecule has 92 valence electrons. The smallest absolute Gasteiger partial charge is 0.134 e. The Morgan fingerprint density at radius 2 is 2.12 bits per heavy atom. The number of nitrogens with one attached hydrogen (secondary N) is 1. The predicted molar refractivity (Wildman–Crippen MR) is 72.0 cm³/mol. The summed E-state index contributed by atoms with van der Waals surface area (Å²) in [5.74, 6) is 0.888. The van der Waals surface area contributed by atoms with E-state index in [1.165, 1.54) is 0 Å². The maximum absolute atomic E-state index is 9.23. The van der Waals surface area contributed by atoms with Crippen molar-refractivity contribution < 1.29 is 9.52 Å². The van der Waals surface area contributed by atoms with Gasteiger partial charge in [0.2, 0.25) is 0 Å². The van der Waals surface area contributed by atoms with E-state index >= 15 is 0 Å². The van der Waals surface area contributed by atoms with Crippen molar-refractivity contribution in [1.29, 1.82) is 0 Å². The Labute approximate surface area is 109 Å². The second kappa shape index (κ2) is 5.21. The molecule has 1 aromatic heterocycles. The highest BCUT2D eigenvalue weighted by atomic mass is 79.9. The Bertz CT molecular complexity index is 507. The number of halogens is 1. The van der Waals surface area contributed by atoms with Crippen LogP contribution < -0.4 is 5.32 Å². The number of fused-ring (bicyclic) bond motifs is 1. The van der Waals surface area contributed by atoms with Gasteiger partial charge in [0, 0.05) is 16.4 Å². The third-order valence-electron chi connectivity index (χ3n) is 2.64. The van der Waals surface area contributed by atoms with E-state index in [0.29, 0.717) is 6.54 Å². The van der Waals surface area contributed by atoms with Gasteiger partial charge >= 0.3 is 0 Å². The van der Waals surface area contributed by atoms with Crippen molar-refractivity contribution in [1.82, 2.24) is 5.32 Å². The topological polar surface area (TPSA) is 45.4 Å². The molecule has 2 unspecified atom stereocenters. The molecule has 1 heterocycles. The molecule has 2 atom stereocenters. The summed E-state index contributed by atoms with van der Waals surface area (Å²) >= 11 is 3.44. The standard InChI is InChI=1S/C13H16BrNO2/c1-8(16)7-15-9(2)13-6-10-5-11(14)3-4-12(10)17-13/h3-6,8-9,15-16H,7H2,1-2H3. The van der Waals surface area contributed by atoms with Crippen LogP contribution in [0.2, 0.25) is 0 Å². The molecular weight excluding hydrogens is 282 g/mol. The molecule has 2 aromatic rings. The van der Waals surface area contributed by atoms with Crippen molar-refractivity contribution in [2.75, 3.05) is 6.54 Å². The molecule has 1 aromatic carbocycles. The summed E-state index contributed by atoms with van der Waals surface area (Å²) in [5, 5.41) is 13.5. The number of aliphatic hydroxyl groups excluding tert-OH is 1. The van der Waals surface area contributed by atoms with Crippen LogP contribution in [0.15, 0.2) is 33.2 Å². The number of hydrogen-bond donors (Lipinski definition) is 2. The monoisotopic (exact) mass is 297 g/mol. The van der Waals surface area contributed by atoms with Gasteiger partial charge in [-0.05, 0) is 38.1 Å². The van der Waals surface area contributed by atoms with E-state index in [1.54, 1.807) is 6.92 Å². The fourth-order valence-electron chi connectivity index (χ4n) is 1.70. The summed E-state index contributed by atoms with van der Waals surface area (Å²) < 4.78 is 6.80.